The summed E-state index contributed by atoms with van der Waals surface area (Å²) in [5.41, 5.74) is 14.9. The molecule has 4 atom stereocenters. The fraction of sp³-hybridized carbons (Fsp3) is 0.263. The van der Waals surface area contributed by atoms with E-state index >= 15 is 0 Å². The molecule has 0 aromatic heterocycles. The van der Waals surface area contributed by atoms with Crippen molar-refractivity contribution in [3.05, 3.63) is 165 Å². The summed E-state index contributed by atoms with van der Waals surface area (Å²) in [6.45, 7) is 9.32. The second-order valence-corrected chi connectivity index (χ2v) is 22.5. The summed E-state index contributed by atoms with van der Waals surface area (Å²) in [5, 5.41) is 0. The van der Waals surface area contributed by atoms with Crippen molar-refractivity contribution in [1.82, 2.24) is 0 Å². The van der Waals surface area contributed by atoms with Crippen LogP contribution in [0.3, 0.4) is 0 Å². The molecule has 0 spiro atoms. The molecule has 1 heteroatoms. The number of rotatable bonds is 4. The van der Waals surface area contributed by atoms with Crippen LogP contribution >= 0.6 is 0 Å². The number of hydrogen-bond donors (Lipinski definition) is 0. The number of benzene rings is 2. The molecule has 4 unspecified atom stereocenters. The first kappa shape index (κ1) is 26.1. The van der Waals surface area contributed by atoms with Crippen LogP contribution < -0.4 is 0 Å². The molecule has 2 aromatic carbocycles. The van der Waals surface area contributed by atoms with Gasteiger partial charge in [0.15, 0.2) is 0 Å². The first-order chi connectivity index (χ1) is 18.8. The minimum absolute atomic E-state index is 0.316. The summed E-state index contributed by atoms with van der Waals surface area (Å²) in [7, 11) is 0. The second kappa shape index (κ2) is 10.1. The van der Waals surface area contributed by atoms with Crippen molar-refractivity contribution in [2.24, 2.45) is 0 Å². The Labute approximate surface area is 238 Å². The van der Waals surface area contributed by atoms with Gasteiger partial charge < -0.3 is 0 Å². The van der Waals surface area contributed by atoms with Crippen molar-refractivity contribution >= 4 is 13.3 Å². The van der Waals surface area contributed by atoms with Crippen molar-refractivity contribution in [1.29, 1.82) is 0 Å². The van der Waals surface area contributed by atoms with Crippen molar-refractivity contribution in [2.75, 3.05) is 0 Å². The summed E-state index contributed by atoms with van der Waals surface area (Å²) in [4.78, 5) is 0. The van der Waals surface area contributed by atoms with Gasteiger partial charge in [-0.15, -0.1) is 0 Å². The van der Waals surface area contributed by atoms with Crippen LogP contribution in [0, 0.1) is 13.8 Å². The van der Waals surface area contributed by atoms with E-state index in [9.17, 15) is 0 Å². The van der Waals surface area contributed by atoms with Gasteiger partial charge in [-0.25, -0.2) is 0 Å². The molecule has 4 aliphatic carbocycles. The molecule has 39 heavy (non-hydrogen) atoms. The average molecular weight is 569 g/mol. The van der Waals surface area contributed by atoms with Crippen LogP contribution in [0.15, 0.2) is 143 Å². The van der Waals surface area contributed by atoms with Gasteiger partial charge in [0, 0.05) is 0 Å². The number of aryl methyl sites for hydroxylation is 2. The molecular weight excluding hydrogens is 529 g/mol. The Hall–Kier alpha value is -3.10. The van der Waals surface area contributed by atoms with Crippen molar-refractivity contribution in [3.63, 3.8) is 0 Å². The summed E-state index contributed by atoms with van der Waals surface area (Å²) >= 11 is -2.60. The molecule has 0 bridgehead atoms. The Kier molecular flexibility index (Phi) is 6.80. The quantitative estimate of drug-likeness (QED) is 0.322. The van der Waals surface area contributed by atoms with E-state index in [0.29, 0.717) is 21.3 Å². The molecule has 0 radical (unpaired) electrons. The van der Waals surface area contributed by atoms with E-state index in [1.165, 1.54) is 33.4 Å². The van der Waals surface area contributed by atoms with Gasteiger partial charge >= 0.3 is 239 Å². The van der Waals surface area contributed by atoms with E-state index in [2.05, 4.69) is 148 Å². The van der Waals surface area contributed by atoms with Crippen LogP contribution in [0.25, 0.3) is 0 Å². The normalized spacial score (nSPS) is 25.9. The van der Waals surface area contributed by atoms with Crippen LogP contribution in [0.1, 0.15) is 47.9 Å². The van der Waals surface area contributed by atoms with Gasteiger partial charge in [-0.05, 0) is 0 Å². The molecule has 4 aliphatic rings. The third kappa shape index (κ3) is 4.38. The molecule has 0 fully saturated rings. The van der Waals surface area contributed by atoms with Crippen molar-refractivity contribution in [2.45, 2.75) is 60.5 Å². The van der Waals surface area contributed by atoms with Crippen LogP contribution in [-0.2, 0) is 0 Å². The molecule has 0 nitrogen and oxygen atoms in total. The fourth-order valence-electron chi connectivity index (χ4n) is 8.00. The topological polar surface area (TPSA) is 0 Å². The van der Waals surface area contributed by atoms with Crippen LogP contribution in [0.5, 0.6) is 0 Å². The van der Waals surface area contributed by atoms with Gasteiger partial charge in [0.25, 0.3) is 0 Å². The maximum absolute atomic E-state index is 2.69. The summed E-state index contributed by atoms with van der Waals surface area (Å²) in [6, 6.07) is 17.8. The zero-order valence-electron chi connectivity index (χ0n) is 24.2. The van der Waals surface area contributed by atoms with Crippen LogP contribution in [-0.4, -0.2) is 13.3 Å². The van der Waals surface area contributed by atoms with Gasteiger partial charge in [0.05, 0.1) is 0 Å². The Morgan fingerprint density at radius 2 is 0.923 bits per heavy atom. The average Bonchev–Trinajstić information content (AvgIpc) is 3.24. The van der Waals surface area contributed by atoms with Gasteiger partial charge in [-0.2, -0.15) is 0 Å². The van der Waals surface area contributed by atoms with Crippen LogP contribution in [0.4, 0.5) is 0 Å². The molecule has 2 aromatic rings. The summed E-state index contributed by atoms with van der Waals surface area (Å²) in [6.07, 6.45) is 23.9. The monoisotopic (exact) mass is 570 g/mol. The molecule has 0 amide bonds. The SMILES string of the molecule is CC1=CC2=C(C=CC=CC2c2ccccc2C)[CH]1[Ge]([CH3])([CH3])[CH]1C(C)=CC2=C1C=CC=CC2c1ccccc1C. The standard InChI is InChI=1S/C38H40Ge/c1-25-15-7-9-17-29(25)31-19-11-13-21-33-35(31)23-27(3)37(33)39(5,6)38-28(4)24-36-32(20-12-14-22-34(36)38)30-18-10-8-16-26(30)2/h7-24,31-32,37-38H,1-6H3. The molecule has 196 valence electrons. The van der Waals surface area contributed by atoms with Crippen molar-refractivity contribution in [3.8, 4) is 0 Å². The molecule has 0 heterocycles. The Morgan fingerprint density at radius 3 is 1.33 bits per heavy atom. The fourth-order valence-corrected chi connectivity index (χ4v) is 18.4. The molecule has 0 saturated heterocycles. The predicted molar refractivity (Wildman–Crippen MR) is 171 cm³/mol. The van der Waals surface area contributed by atoms with Gasteiger partial charge in [-0.1, -0.05) is 0 Å². The van der Waals surface area contributed by atoms with Gasteiger partial charge in [0.1, 0.15) is 0 Å². The minimum atomic E-state index is -2.60. The maximum atomic E-state index is 2.69. The predicted octanol–water partition coefficient (Wildman–Crippen LogP) is 10.4. The third-order valence-corrected chi connectivity index (χ3v) is 19.0. The first-order valence-corrected chi connectivity index (χ1v) is 21.1. The Balaban J connectivity index is 1.44. The van der Waals surface area contributed by atoms with E-state index in [1.54, 1.807) is 22.3 Å². The van der Waals surface area contributed by atoms with Gasteiger partial charge in [0.2, 0.25) is 0 Å². The summed E-state index contributed by atoms with van der Waals surface area (Å²) < 4.78 is 1.09. The number of allylic oxidation sites excluding steroid dienone is 16. The third-order valence-electron chi connectivity index (χ3n) is 9.55. The first-order valence-electron chi connectivity index (χ1n) is 14.4. The molecule has 0 N–H and O–H groups in total. The molecular formula is C38H40Ge. The van der Waals surface area contributed by atoms with E-state index in [0.717, 1.165) is 0 Å². The van der Waals surface area contributed by atoms with E-state index < -0.39 is 13.3 Å². The zero-order chi connectivity index (χ0) is 27.3. The molecule has 6 rings (SSSR count). The number of hydrogen-bond acceptors (Lipinski definition) is 0. The van der Waals surface area contributed by atoms with E-state index in [-0.39, 0.29) is 0 Å². The van der Waals surface area contributed by atoms with Crippen molar-refractivity contribution < 1.29 is 0 Å². The zero-order valence-corrected chi connectivity index (χ0v) is 26.3. The van der Waals surface area contributed by atoms with E-state index in [4.69, 9.17) is 0 Å². The van der Waals surface area contributed by atoms with E-state index in [1.807, 2.05) is 0 Å². The second-order valence-electron chi connectivity index (χ2n) is 12.4. The van der Waals surface area contributed by atoms with Crippen LogP contribution in [0.2, 0.25) is 21.0 Å². The summed E-state index contributed by atoms with van der Waals surface area (Å²) in [5.74, 6) is 6.02. The Morgan fingerprint density at radius 1 is 0.513 bits per heavy atom. The molecule has 0 aliphatic heterocycles. The Bertz CT molecular complexity index is 1460. The van der Waals surface area contributed by atoms with Gasteiger partial charge in [-0.3, -0.25) is 0 Å². The molecule has 0 saturated carbocycles.